The number of rotatable bonds is 6. The fraction of sp³-hybridized carbons (Fsp3) is 0.222. The number of esters is 1. The highest BCUT2D eigenvalue weighted by molar-refractivity contribution is 8.93. The third-order valence-corrected chi connectivity index (χ3v) is 4.44. The molecule has 0 aliphatic heterocycles. The predicted octanol–water partition coefficient (Wildman–Crippen LogP) is 4.62. The topological polar surface area (TPSA) is 64.2 Å². The highest BCUT2D eigenvalue weighted by Gasteiger charge is 2.07. The lowest BCUT2D eigenvalue weighted by molar-refractivity contribution is 0.0600. The molecule has 0 fully saturated rings. The van der Waals surface area contributed by atoms with Crippen molar-refractivity contribution in [2.75, 3.05) is 13.7 Å². The molecule has 0 aliphatic carbocycles. The Morgan fingerprint density at radius 3 is 2.64 bits per heavy atom. The molecule has 3 rings (SSSR count). The molecular formula is C18H19BrN2O3S. The van der Waals surface area contributed by atoms with E-state index in [0.717, 1.165) is 33.3 Å². The van der Waals surface area contributed by atoms with Crippen LogP contribution in [-0.2, 0) is 10.5 Å². The smallest absolute Gasteiger partial charge is 0.337 e. The number of H-pyrrole nitrogens is 1. The largest absolute Gasteiger partial charge is 0.494 e. The van der Waals surface area contributed by atoms with Crippen molar-refractivity contribution in [2.45, 2.75) is 17.8 Å². The van der Waals surface area contributed by atoms with Crippen molar-refractivity contribution in [1.29, 1.82) is 0 Å². The van der Waals surface area contributed by atoms with Gasteiger partial charge in [-0.25, -0.2) is 9.78 Å². The number of aromatic nitrogens is 2. The van der Waals surface area contributed by atoms with Crippen molar-refractivity contribution in [1.82, 2.24) is 9.97 Å². The molecule has 0 radical (unpaired) electrons. The van der Waals surface area contributed by atoms with Crippen molar-refractivity contribution >= 4 is 45.7 Å². The van der Waals surface area contributed by atoms with Gasteiger partial charge in [0.1, 0.15) is 5.75 Å². The summed E-state index contributed by atoms with van der Waals surface area (Å²) in [6.07, 6.45) is 0. The number of thioether (sulfide) groups is 1. The van der Waals surface area contributed by atoms with E-state index in [0.29, 0.717) is 12.2 Å². The van der Waals surface area contributed by atoms with Crippen LogP contribution in [0.2, 0.25) is 0 Å². The van der Waals surface area contributed by atoms with Gasteiger partial charge in [0.25, 0.3) is 0 Å². The minimum atomic E-state index is -0.323. The zero-order valence-corrected chi connectivity index (χ0v) is 16.5. The maximum Gasteiger partial charge on any atom is 0.337 e. The van der Waals surface area contributed by atoms with E-state index >= 15 is 0 Å². The molecule has 25 heavy (non-hydrogen) atoms. The number of hydrogen-bond donors (Lipinski definition) is 1. The first-order valence-electron chi connectivity index (χ1n) is 7.62. The lowest BCUT2D eigenvalue weighted by Crippen LogP contribution is -2.00. The first-order valence-corrected chi connectivity index (χ1v) is 8.60. The highest BCUT2D eigenvalue weighted by Crippen LogP contribution is 2.25. The van der Waals surface area contributed by atoms with Crippen molar-refractivity contribution in [3.05, 3.63) is 53.6 Å². The third kappa shape index (κ3) is 4.76. The number of carbonyl (C=O) groups is 1. The molecule has 0 amide bonds. The molecule has 0 aliphatic rings. The zero-order chi connectivity index (χ0) is 16.9. The van der Waals surface area contributed by atoms with Crippen molar-refractivity contribution in [3.8, 4) is 5.75 Å². The molecule has 0 saturated heterocycles. The summed E-state index contributed by atoms with van der Waals surface area (Å²) in [5.74, 6) is 1.28. The van der Waals surface area contributed by atoms with Crippen LogP contribution in [-0.4, -0.2) is 29.7 Å². The first kappa shape index (κ1) is 19.3. The quantitative estimate of drug-likeness (QED) is 0.463. The van der Waals surface area contributed by atoms with Crippen LogP contribution in [0.1, 0.15) is 22.8 Å². The molecule has 0 spiro atoms. The van der Waals surface area contributed by atoms with E-state index in [1.54, 1.807) is 23.9 Å². The van der Waals surface area contributed by atoms with E-state index in [4.69, 9.17) is 9.47 Å². The Labute approximate surface area is 160 Å². The Kier molecular flexibility index (Phi) is 6.90. The molecule has 5 nitrogen and oxygen atoms in total. The molecule has 2 aromatic carbocycles. The molecule has 0 bridgehead atoms. The maximum absolute atomic E-state index is 11.4. The molecule has 1 N–H and O–H groups in total. The normalized spacial score (nSPS) is 10.3. The second-order valence-corrected chi connectivity index (χ2v) is 6.10. The summed E-state index contributed by atoms with van der Waals surface area (Å²) in [7, 11) is 1.38. The van der Waals surface area contributed by atoms with E-state index in [1.165, 1.54) is 7.11 Å². The Hall–Kier alpha value is -1.99. The van der Waals surface area contributed by atoms with Gasteiger partial charge in [0, 0.05) is 11.8 Å². The first-order chi connectivity index (χ1) is 11.7. The van der Waals surface area contributed by atoms with Gasteiger partial charge in [0.15, 0.2) is 5.16 Å². The lowest BCUT2D eigenvalue weighted by atomic mass is 10.1. The fourth-order valence-corrected chi connectivity index (χ4v) is 3.14. The van der Waals surface area contributed by atoms with E-state index in [1.807, 2.05) is 37.3 Å². The van der Waals surface area contributed by atoms with Crippen LogP contribution in [0, 0.1) is 0 Å². The van der Waals surface area contributed by atoms with Gasteiger partial charge in [-0.2, -0.15) is 0 Å². The van der Waals surface area contributed by atoms with Crippen LogP contribution >= 0.6 is 28.7 Å². The van der Waals surface area contributed by atoms with Crippen LogP contribution in [0.5, 0.6) is 5.75 Å². The Balaban J connectivity index is 0.00000225. The van der Waals surface area contributed by atoms with E-state index in [9.17, 15) is 4.79 Å². The Morgan fingerprint density at radius 1 is 1.20 bits per heavy atom. The summed E-state index contributed by atoms with van der Waals surface area (Å²) in [5.41, 5.74) is 3.55. The molecule has 1 aromatic heterocycles. The summed E-state index contributed by atoms with van der Waals surface area (Å²) >= 11 is 1.61. The van der Waals surface area contributed by atoms with E-state index in [2.05, 4.69) is 9.97 Å². The van der Waals surface area contributed by atoms with E-state index < -0.39 is 0 Å². The molecule has 0 atom stereocenters. The molecule has 132 valence electrons. The van der Waals surface area contributed by atoms with Crippen LogP contribution in [0.3, 0.4) is 0 Å². The van der Waals surface area contributed by atoms with Gasteiger partial charge >= 0.3 is 5.97 Å². The van der Waals surface area contributed by atoms with Gasteiger partial charge in [0.05, 0.1) is 30.3 Å². The number of hydrogen-bond acceptors (Lipinski definition) is 5. The number of nitrogens with zero attached hydrogens (tertiary/aromatic N) is 1. The molecular weight excluding hydrogens is 404 g/mol. The number of imidazole rings is 1. The second kappa shape index (κ2) is 8.92. The number of carbonyl (C=O) groups excluding carboxylic acids is 1. The summed E-state index contributed by atoms with van der Waals surface area (Å²) in [6.45, 7) is 2.60. The van der Waals surface area contributed by atoms with Crippen LogP contribution in [0.25, 0.3) is 11.0 Å². The average Bonchev–Trinajstić information content (AvgIpc) is 3.02. The number of benzene rings is 2. The minimum Gasteiger partial charge on any atom is -0.494 e. The van der Waals surface area contributed by atoms with E-state index in [-0.39, 0.29) is 23.0 Å². The molecule has 7 heteroatoms. The average molecular weight is 423 g/mol. The van der Waals surface area contributed by atoms with Crippen molar-refractivity contribution in [2.24, 2.45) is 0 Å². The number of fused-ring (bicyclic) bond motifs is 1. The van der Waals surface area contributed by atoms with Crippen molar-refractivity contribution < 1.29 is 14.3 Å². The number of halogens is 1. The van der Waals surface area contributed by atoms with Gasteiger partial charge in [-0.1, -0.05) is 23.9 Å². The molecule has 1 heterocycles. The third-order valence-electron chi connectivity index (χ3n) is 3.49. The molecule has 0 saturated carbocycles. The van der Waals surface area contributed by atoms with Crippen molar-refractivity contribution in [3.63, 3.8) is 0 Å². The number of methoxy groups -OCH3 is 1. The SMILES string of the molecule is Br.CCOc1ccc2nc(SCc3ccc(C(=O)OC)cc3)[nH]c2c1. The monoisotopic (exact) mass is 422 g/mol. The predicted molar refractivity (Wildman–Crippen MR) is 105 cm³/mol. The van der Waals surface area contributed by atoms with Gasteiger partial charge < -0.3 is 14.5 Å². The lowest BCUT2D eigenvalue weighted by Gasteiger charge is -2.02. The standard InChI is InChI=1S/C18H18N2O3S.BrH/c1-3-23-14-8-9-15-16(10-14)20-18(19-15)24-11-12-4-6-13(7-5-12)17(21)22-2;/h4-10H,3,11H2,1-2H3,(H,19,20);1H. The summed E-state index contributed by atoms with van der Waals surface area (Å²) < 4.78 is 10.2. The van der Waals surface area contributed by atoms with Gasteiger partial charge in [-0.15, -0.1) is 17.0 Å². The Morgan fingerprint density at radius 2 is 1.96 bits per heavy atom. The van der Waals surface area contributed by atoms with Gasteiger partial charge in [-0.3, -0.25) is 0 Å². The van der Waals surface area contributed by atoms with Crippen LogP contribution in [0.4, 0.5) is 0 Å². The van der Waals surface area contributed by atoms with Gasteiger partial charge in [-0.05, 0) is 36.8 Å². The second-order valence-electron chi connectivity index (χ2n) is 5.13. The van der Waals surface area contributed by atoms with Crippen LogP contribution < -0.4 is 4.74 Å². The summed E-state index contributed by atoms with van der Waals surface area (Å²) in [6, 6.07) is 13.2. The summed E-state index contributed by atoms with van der Waals surface area (Å²) in [5, 5.41) is 0.857. The fourth-order valence-electron chi connectivity index (χ4n) is 2.30. The molecule has 3 aromatic rings. The number of nitrogens with one attached hydrogen (secondary N) is 1. The highest BCUT2D eigenvalue weighted by atomic mass is 79.9. The Bertz CT molecular complexity index is 849. The minimum absolute atomic E-state index is 0. The summed E-state index contributed by atoms with van der Waals surface area (Å²) in [4.78, 5) is 19.3. The number of ether oxygens (including phenoxy) is 2. The van der Waals surface area contributed by atoms with Gasteiger partial charge in [0.2, 0.25) is 0 Å². The van der Waals surface area contributed by atoms with Crippen LogP contribution in [0.15, 0.2) is 47.6 Å². The maximum atomic E-state index is 11.4. The number of aromatic amines is 1. The molecule has 0 unspecified atom stereocenters. The zero-order valence-electron chi connectivity index (χ0n) is 13.9.